The van der Waals surface area contributed by atoms with Crippen molar-refractivity contribution in [1.82, 2.24) is 9.97 Å². The van der Waals surface area contributed by atoms with E-state index >= 15 is 0 Å². The molecule has 2 aromatic rings. The molecule has 0 bridgehead atoms. The van der Waals surface area contributed by atoms with E-state index in [1.54, 1.807) is 11.8 Å². The Morgan fingerprint density at radius 1 is 1.35 bits per heavy atom. The molecule has 1 aliphatic heterocycles. The Morgan fingerprint density at radius 3 is 2.70 bits per heavy atom. The number of aromatic hydroxyl groups is 1. The Labute approximate surface area is 121 Å². The van der Waals surface area contributed by atoms with Crippen LogP contribution in [-0.4, -0.2) is 20.8 Å². The van der Waals surface area contributed by atoms with Gasteiger partial charge in [0.25, 0.3) is 5.56 Å². The highest BCUT2D eigenvalue weighted by molar-refractivity contribution is 7.99. The second kappa shape index (κ2) is 5.32. The van der Waals surface area contributed by atoms with Gasteiger partial charge in [-0.3, -0.25) is 4.79 Å². The van der Waals surface area contributed by atoms with Crippen LogP contribution in [0.4, 0.5) is 0 Å². The molecule has 1 saturated heterocycles. The molecule has 1 fully saturated rings. The average Bonchev–Trinajstić information content (AvgIpc) is 2.94. The molecule has 1 aliphatic rings. The van der Waals surface area contributed by atoms with Crippen molar-refractivity contribution in [2.45, 2.75) is 25.0 Å². The van der Waals surface area contributed by atoms with Crippen molar-refractivity contribution in [2.75, 3.05) is 5.75 Å². The molecule has 0 radical (unpaired) electrons. The number of nitrogens with zero attached hydrogens (tertiary/aromatic N) is 1. The highest BCUT2D eigenvalue weighted by atomic mass is 32.2. The fourth-order valence-corrected chi connectivity index (χ4v) is 3.63. The van der Waals surface area contributed by atoms with Gasteiger partial charge in [0.2, 0.25) is 5.88 Å². The largest absolute Gasteiger partial charge is 0.493 e. The summed E-state index contributed by atoms with van der Waals surface area (Å²) in [6.45, 7) is 1.98. The quantitative estimate of drug-likeness (QED) is 0.891. The summed E-state index contributed by atoms with van der Waals surface area (Å²) in [4.78, 5) is 19.3. The van der Waals surface area contributed by atoms with Gasteiger partial charge in [-0.05, 0) is 31.1 Å². The van der Waals surface area contributed by atoms with Gasteiger partial charge in [0, 0.05) is 0 Å². The minimum absolute atomic E-state index is 0.180. The van der Waals surface area contributed by atoms with Crippen LogP contribution < -0.4 is 5.56 Å². The van der Waals surface area contributed by atoms with Gasteiger partial charge in [0.05, 0.1) is 5.25 Å². The summed E-state index contributed by atoms with van der Waals surface area (Å²) >= 11 is 1.77. The van der Waals surface area contributed by atoms with Gasteiger partial charge in [-0.25, -0.2) is 0 Å². The lowest BCUT2D eigenvalue weighted by atomic mass is 10.1. The number of thioether (sulfide) groups is 1. The van der Waals surface area contributed by atoms with Crippen molar-refractivity contribution in [3.63, 3.8) is 0 Å². The van der Waals surface area contributed by atoms with Crippen LogP contribution in [0.5, 0.6) is 5.88 Å². The Morgan fingerprint density at radius 2 is 2.10 bits per heavy atom. The van der Waals surface area contributed by atoms with Gasteiger partial charge in [0.15, 0.2) is 0 Å². The van der Waals surface area contributed by atoms with Crippen LogP contribution in [0, 0.1) is 6.92 Å². The van der Waals surface area contributed by atoms with Gasteiger partial charge < -0.3 is 10.1 Å². The number of aryl methyl sites for hydroxylation is 1. The highest BCUT2D eigenvalue weighted by Gasteiger charge is 2.22. The van der Waals surface area contributed by atoms with E-state index in [-0.39, 0.29) is 22.3 Å². The number of nitrogens with one attached hydrogen (secondary N) is 1. The number of hydrogen-bond acceptors (Lipinski definition) is 4. The zero-order chi connectivity index (χ0) is 14.1. The number of aromatic amines is 1. The van der Waals surface area contributed by atoms with Gasteiger partial charge in [0.1, 0.15) is 11.4 Å². The molecule has 2 N–H and O–H groups in total. The minimum atomic E-state index is -0.274. The molecule has 1 aromatic heterocycles. The van der Waals surface area contributed by atoms with E-state index in [4.69, 9.17) is 0 Å². The van der Waals surface area contributed by atoms with Crippen molar-refractivity contribution in [3.8, 4) is 17.0 Å². The maximum Gasteiger partial charge on any atom is 0.262 e. The lowest BCUT2D eigenvalue weighted by Gasteiger charge is -2.10. The first kappa shape index (κ1) is 13.2. The zero-order valence-corrected chi connectivity index (χ0v) is 12.0. The van der Waals surface area contributed by atoms with E-state index in [0.717, 1.165) is 24.2 Å². The van der Waals surface area contributed by atoms with Crippen molar-refractivity contribution < 1.29 is 5.11 Å². The minimum Gasteiger partial charge on any atom is -0.493 e. The maximum absolute atomic E-state index is 12.2. The van der Waals surface area contributed by atoms with E-state index in [9.17, 15) is 9.90 Å². The van der Waals surface area contributed by atoms with Crippen molar-refractivity contribution >= 4 is 11.8 Å². The van der Waals surface area contributed by atoms with E-state index < -0.39 is 0 Å². The monoisotopic (exact) mass is 288 g/mol. The lowest BCUT2D eigenvalue weighted by Crippen LogP contribution is -2.15. The van der Waals surface area contributed by atoms with Crippen molar-refractivity contribution in [2.24, 2.45) is 0 Å². The molecular formula is C15H16N2O2S. The molecule has 1 aromatic carbocycles. The van der Waals surface area contributed by atoms with Crippen molar-refractivity contribution in [1.29, 1.82) is 0 Å². The summed E-state index contributed by atoms with van der Waals surface area (Å²) < 4.78 is 0. The molecule has 0 aliphatic carbocycles. The van der Waals surface area contributed by atoms with Crippen molar-refractivity contribution in [3.05, 3.63) is 46.0 Å². The number of aromatic nitrogens is 2. The topological polar surface area (TPSA) is 66.0 Å². The van der Waals surface area contributed by atoms with Crippen LogP contribution in [-0.2, 0) is 0 Å². The third kappa shape index (κ3) is 2.45. The van der Waals surface area contributed by atoms with Crippen LogP contribution in [0.25, 0.3) is 11.1 Å². The first-order valence-corrected chi connectivity index (χ1v) is 7.72. The molecule has 0 saturated carbocycles. The molecule has 3 rings (SSSR count). The van der Waals surface area contributed by atoms with Gasteiger partial charge in [-0.1, -0.05) is 29.8 Å². The number of H-pyrrole nitrogens is 1. The molecule has 0 spiro atoms. The fraction of sp³-hybridized carbons (Fsp3) is 0.333. The van der Waals surface area contributed by atoms with E-state index in [0.29, 0.717) is 11.4 Å². The van der Waals surface area contributed by atoms with Gasteiger partial charge in [-0.15, -0.1) is 0 Å². The van der Waals surface area contributed by atoms with E-state index in [2.05, 4.69) is 9.97 Å². The van der Waals surface area contributed by atoms with Crippen LogP contribution in [0.15, 0.2) is 29.1 Å². The first-order chi connectivity index (χ1) is 9.65. The standard InChI is InChI=1S/C15H16N2O2S/c1-9-4-6-10(7-5-9)12-14(18)16-13(17-15(12)19)11-3-2-8-20-11/h4-7,11H,2-3,8H2,1H3,(H2,16,17,18,19). The van der Waals surface area contributed by atoms with Crippen LogP contribution in [0.3, 0.4) is 0 Å². The van der Waals surface area contributed by atoms with Gasteiger partial charge >= 0.3 is 0 Å². The average molecular weight is 288 g/mol. The molecule has 4 nitrogen and oxygen atoms in total. The molecule has 104 valence electrons. The first-order valence-electron chi connectivity index (χ1n) is 6.67. The molecule has 0 amide bonds. The molecule has 20 heavy (non-hydrogen) atoms. The third-order valence-electron chi connectivity index (χ3n) is 3.49. The molecular weight excluding hydrogens is 272 g/mol. The smallest absolute Gasteiger partial charge is 0.262 e. The number of hydrogen-bond donors (Lipinski definition) is 2. The Bertz CT molecular complexity index is 673. The normalized spacial score (nSPS) is 18.4. The van der Waals surface area contributed by atoms with E-state index in [1.807, 2.05) is 31.2 Å². The Kier molecular flexibility index (Phi) is 3.53. The SMILES string of the molecule is Cc1ccc(-c2c(O)nc(C3CCCS3)[nH]c2=O)cc1. The summed E-state index contributed by atoms with van der Waals surface area (Å²) in [5.74, 6) is 1.49. The summed E-state index contributed by atoms with van der Waals surface area (Å²) in [6.07, 6.45) is 2.12. The summed E-state index contributed by atoms with van der Waals surface area (Å²) in [5, 5.41) is 10.3. The lowest BCUT2D eigenvalue weighted by molar-refractivity contribution is 0.449. The summed E-state index contributed by atoms with van der Waals surface area (Å²) in [6, 6.07) is 7.47. The molecule has 2 heterocycles. The van der Waals surface area contributed by atoms with E-state index in [1.165, 1.54) is 0 Å². The predicted octanol–water partition coefficient (Wildman–Crippen LogP) is 3.02. The third-order valence-corrected chi connectivity index (χ3v) is 4.88. The Balaban J connectivity index is 2.04. The zero-order valence-electron chi connectivity index (χ0n) is 11.2. The van der Waals surface area contributed by atoms with Crippen LogP contribution in [0.2, 0.25) is 0 Å². The Hall–Kier alpha value is -1.75. The fourth-order valence-electron chi connectivity index (χ4n) is 2.40. The number of rotatable bonds is 2. The van der Waals surface area contributed by atoms with Crippen LogP contribution in [0.1, 0.15) is 29.5 Å². The summed E-state index contributed by atoms with van der Waals surface area (Å²) in [5.41, 5.74) is 1.77. The van der Waals surface area contributed by atoms with Crippen LogP contribution >= 0.6 is 11.8 Å². The summed E-state index contributed by atoms with van der Waals surface area (Å²) in [7, 11) is 0. The molecule has 1 atom stereocenters. The molecule has 1 unspecified atom stereocenters. The molecule has 5 heteroatoms. The second-order valence-electron chi connectivity index (χ2n) is 5.02. The highest BCUT2D eigenvalue weighted by Crippen LogP contribution is 2.38. The predicted molar refractivity (Wildman–Crippen MR) is 81.1 cm³/mol. The second-order valence-corrected chi connectivity index (χ2v) is 6.33. The maximum atomic E-state index is 12.2. The van der Waals surface area contributed by atoms with Gasteiger partial charge in [-0.2, -0.15) is 16.7 Å². The number of benzene rings is 1.